The molecule has 0 saturated heterocycles. The fourth-order valence-electron chi connectivity index (χ4n) is 2.06. The van der Waals surface area contributed by atoms with E-state index >= 15 is 0 Å². The van der Waals surface area contributed by atoms with Crippen LogP contribution in [0.25, 0.3) is 0 Å². The lowest BCUT2D eigenvalue weighted by molar-refractivity contribution is -0.199. The summed E-state index contributed by atoms with van der Waals surface area (Å²) >= 11 is 0. The summed E-state index contributed by atoms with van der Waals surface area (Å²) in [5.41, 5.74) is -0.795. The van der Waals surface area contributed by atoms with E-state index in [2.05, 4.69) is 0 Å². The third-order valence-corrected chi connectivity index (χ3v) is 3.38. The molecular weight excluding hydrogens is 255 g/mol. The maximum Gasteiger partial charge on any atom is 0.399 e. The van der Waals surface area contributed by atoms with E-state index in [1.54, 1.807) is 24.1 Å². The first kappa shape index (κ1) is 13.8. The molecule has 104 valence electrons. The van der Waals surface area contributed by atoms with Crippen LogP contribution >= 0.6 is 0 Å². The summed E-state index contributed by atoms with van der Waals surface area (Å²) in [6.45, 7) is 1.65. The zero-order valence-electron chi connectivity index (χ0n) is 10.9. The molecule has 19 heavy (non-hydrogen) atoms. The topological polar surface area (TPSA) is 12.5 Å². The van der Waals surface area contributed by atoms with Crippen LogP contribution in [0.5, 0.6) is 5.75 Å². The Kier molecular flexibility index (Phi) is 3.47. The molecule has 1 heterocycles. The Hall–Kier alpha value is -1.65. The molecule has 0 aromatic heterocycles. The van der Waals surface area contributed by atoms with Crippen molar-refractivity contribution in [2.45, 2.75) is 19.6 Å². The van der Waals surface area contributed by atoms with Crippen molar-refractivity contribution in [3.63, 3.8) is 0 Å². The Bertz CT molecular complexity index is 467. The maximum absolute atomic E-state index is 12.9. The number of ether oxygens (including phenoxy) is 1. The van der Waals surface area contributed by atoms with Crippen LogP contribution in [0.4, 0.5) is 13.2 Å². The molecule has 1 aromatic carbocycles. The third kappa shape index (κ3) is 2.85. The summed E-state index contributed by atoms with van der Waals surface area (Å²) in [7, 11) is 1.58. The van der Waals surface area contributed by atoms with E-state index in [9.17, 15) is 13.2 Å². The van der Waals surface area contributed by atoms with Gasteiger partial charge in [-0.25, -0.2) is 0 Å². The normalized spacial score (nSPS) is 22.9. The number of hydrogen-bond acceptors (Lipinski definition) is 2. The van der Waals surface area contributed by atoms with E-state index in [4.69, 9.17) is 4.74 Å². The maximum atomic E-state index is 12.9. The third-order valence-electron chi connectivity index (χ3n) is 3.38. The van der Waals surface area contributed by atoms with Crippen molar-refractivity contribution in [1.29, 1.82) is 0 Å². The molecule has 0 fully saturated rings. The van der Waals surface area contributed by atoms with Gasteiger partial charge in [-0.15, -0.1) is 0 Å². The summed E-state index contributed by atoms with van der Waals surface area (Å²) in [5.74, 6) is 0.737. The molecule has 0 N–H and O–H groups in total. The monoisotopic (exact) mass is 271 g/mol. The van der Waals surface area contributed by atoms with Gasteiger partial charge in [0.25, 0.3) is 0 Å². The first-order chi connectivity index (χ1) is 8.84. The number of nitrogens with zero attached hydrogens (tertiary/aromatic N) is 1. The molecule has 1 atom stereocenters. The van der Waals surface area contributed by atoms with Gasteiger partial charge in [-0.3, -0.25) is 0 Å². The minimum atomic E-state index is -4.21. The van der Waals surface area contributed by atoms with Crippen molar-refractivity contribution in [3.8, 4) is 5.75 Å². The molecule has 0 saturated carbocycles. The highest BCUT2D eigenvalue weighted by Gasteiger charge is 2.51. The molecule has 2 rings (SSSR count). The predicted octanol–water partition coefficient (Wildman–Crippen LogP) is 3.59. The van der Waals surface area contributed by atoms with Crippen LogP contribution in [0.15, 0.2) is 36.5 Å². The Morgan fingerprint density at radius 3 is 2.37 bits per heavy atom. The number of benzene rings is 1. The summed E-state index contributed by atoms with van der Waals surface area (Å²) in [6, 6.07) is 7.32. The van der Waals surface area contributed by atoms with Gasteiger partial charge in [0.1, 0.15) is 11.2 Å². The number of hydrogen-bond donors (Lipinski definition) is 0. The molecule has 5 heteroatoms. The lowest BCUT2D eigenvalue weighted by Crippen LogP contribution is -2.38. The van der Waals surface area contributed by atoms with Gasteiger partial charge in [0.2, 0.25) is 0 Å². The van der Waals surface area contributed by atoms with E-state index in [1.165, 1.54) is 19.2 Å². The SMILES string of the molecule is COc1ccc(CN2C=CC(C)(C(F)(F)F)C2)cc1. The summed E-state index contributed by atoms with van der Waals surface area (Å²) in [6.07, 6.45) is -1.45. The van der Waals surface area contributed by atoms with E-state index in [1.807, 2.05) is 12.1 Å². The summed E-state index contributed by atoms with van der Waals surface area (Å²) < 4.78 is 43.6. The first-order valence-electron chi connectivity index (χ1n) is 5.97. The molecule has 0 amide bonds. The minimum Gasteiger partial charge on any atom is -0.497 e. The van der Waals surface area contributed by atoms with Crippen molar-refractivity contribution in [2.24, 2.45) is 5.41 Å². The van der Waals surface area contributed by atoms with Crippen LogP contribution in [-0.4, -0.2) is 24.7 Å². The lowest BCUT2D eigenvalue weighted by atomic mass is 9.92. The fraction of sp³-hybridized carbons (Fsp3) is 0.429. The van der Waals surface area contributed by atoms with Gasteiger partial charge in [-0.1, -0.05) is 18.2 Å². The quantitative estimate of drug-likeness (QED) is 0.833. The van der Waals surface area contributed by atoms with Gasteiger partial charge >= 0.3 is 6.18 Å². The Labute approximate surface area is 110 Å². The second-order valence-electron chi connectivity index (χ2n) is 4.98. The molecule has 2 nitrogen and oxygen atoms in total. The van der Waals surface area contributed by atoms with Crippen molar-refractivity contribution in [3.05, 3.63) is 42.1 Å². The molecule has 0 radical (unpaired) electrons. The molecule has 0 aliphatic carbocycles. The van der Waals surface area contributed by atoms with E-state index in [-0.39, 0.29) is 6.54 Å². The second kappa shape index (κ2) is 4.79. The minimum absolute atomic E-state index is 0.0392. The van der Waals surface area contributed by atoms with Crippen LogP contribution in [0.3, 0.4) is 0 Å². The molecular formula is C14H16F3NO. The number of methoxy groups -OCH3 is 1. The lowest BCUT2D eigenvalue weighted by Gasteiger charge is -2.28. The zero-order valence-corrected chi connectivity index (χ0v) is 10.9. The Morgan fingerprint density at radius 1 is 1.26 bits per heavy atom. The average Bonchev–Trinajstić information content (AvgIpc) is 2.73. The van der Waals surface area contributed by atoms with Gasteiger partial charge < -0.3 is 9.64 Å². The van der Waals surface area contributed by atoms with Crippen LogP contribution in [0.2, 0.25) is 0 Å². The number of halogens is 3. The van der Waals surface area contributed by atoms with Crippen molar-refractivity contribution in [1.82, 2.24) is 4.90 Å². The molecule has 1 aliphatic heterocycles. The molecule has 0 spiro atoms. The van der Waals surface area contributed by atoms with E-state index in [0.717, 1.165) is 11.3 Å². The summed E-state index contributed by atoms with van der Waals surface area (Å²) in [5, 5.41) is 0. The van der Waals surface area contributed by atoms with E-state index < -0.39 is 11.6 Å². The highest BCUT2D eigenvalue weighted by Crippen LogP contribution is 2.43. The highest BCUT2D eigenvalue weighted by atomic mass is 19.4. The highest BCUT2D eigenvalue weighted by molar-refractivity contribution is 5.27. The van der Waals surface area contributed by atoms with Crippen LogP contribution < -0.4 is 4.74 Å². The van der Waals surface area contributed by atoms with Gasteiger partial charge in [-0.05, 0) is 30.8 Å². The Balaban J connectivity index is 2.01. The second-order valence-corrected chi connectivity index (χ2v) is 4.98. The summed E-state index contributed by atoms with van der Waals surface area (Å²) in [4.78, 5) is 1.68. The van der Waals surface area contributed by atoms with Gasteiger partial charge in [0.05, 0.1) is 7.11 Å². The largest absolute Gasteiger partial charge is 0.497 e. The number of rotatable bonds is 3. The first-order valence-corrected chi connectivity index (χ1v) is 5.97. The molecule has 0 bridgehead atoms. The molecule has 1 aromatic rings. The van der Waals surface area contributed by atoms with Gasteiger partial charge in [0.15, 0.2) is 0 Å². The zero-order chi connectivity index (χ0) is 14.1. The molecule has 1 unspecified atom stereocenters. The van der Waals surface area contributed by atoms with Crippen molar-refractivity contribution < 1.29 is 17.9 Å². The molecule has 1 aliphatic rings. The van der Waals surface area contributed by atoms with Crippen LogP contribution in [-0.2, 0) is 6.54 Å². The Morgan fingerprint density at radius 2 is 1.89 bits per heavy atom. The van der Waals surface area contributed by atoms with Crippen molar-refractivity contribution >= 4 is 0 Å². The van der Waals surface area contributed by atoms with Crippen molar-refractivity contribution in [2.75, 3.05) is 13.7 Å². The standard InChI is InChI=1S/C14H16F3NO/c1-13(14(15,16)17)7-8-18(10-13)9-11-3-5-12(19-2)6-4-11/h3-8H,9-10H2,1-2H3. The average molecular weight is 271 g/mol. The predicted molar refractivity (Wildman–Crippen MR) is 66.7 cm³/mol. The smallest absolute Gasteiger partial charge is 0.399 e. The van der Waals surface area contributed by atoms with Gasteiger partial charge in [0, 0.05) is 13.1 Å². The van der Waals surface area contributed by atoms with Crippen LogP contribution in [0, 0.1) is 5.41 Å². The number of alkyl halides is 3. The van der Waals surface area contributed by atoms with E-state index in [0.29, 0.717) is 6.54 Å². The van der Waals surface area contributed by atoms with Crippen LogP contribution in [0.1, 0.15) is 12.5 Å². The van der Waals surface area contributed by atoms with Gasteiger partial charge in [-0.2, -0.15) is 13.2 Å². The fourth-order valence-corrected chi connectivity index (χ4v) is 2.06.